The maximum Gasteiger partial charge on any atom is 0.308 e. The van der Waals surface area contributed by atoms with Gasteiger partial charge in [0.15, 0.2) is 0 Å². The Morgan fingerprint density at radius 1 is 1.28 bits per heavy atom. The monoisotopic (exact) mass is 404 g/mol. The SMILES string of the molecule is CCC(C)Oc1cccc(C(=O)N2CCNC(=O)C2CC(=O)OCCC(C)C)c1. The van der Waals surface area contributed by atoms with Crippen LogP contribution in [0.4, 0.5) is 0 Å². The van der Waals surface area contributed by atoms with Crippen molar-refractivity contribution in [3.8, 4) is 5.75 Å². The van der Waals surface area contributed by atoms with Crippen molar-refractivity contribution in [1.29, 1.82) is 0 Å². The number of carbonyl (C=O) groups is 3. The molecule has 0 aromatic heterocycles. The number of benzene rings is 1. The topological polar surface area (TPSA) is 84.9 Å². The molecule has 0 radical (unpaired) electrons. The predicted octanol–water partition coefficient (Wildman–Crippen LogP) is 2.78. The molecule has 0 spiro atoms. The van der Waals surface area contributed by atoms with E-state index in [9.17, 15) is 14.4 Å². The van der Waals surface area contributed by atoms with Crippen LogP contribution in [0.1, 0.15) is 57.3 Å². The van der Waals surface area contributed by atoms with Gasteiger partial charge in [-0.05, 0) is 43.9 Å². The summed E-state index contributed by atoms with van der Waals surface area (Å²) in [5.74, 6) is -0.0775. The number of nitrogens with zero attached hydrogens (tertiary/aromatic N) is 1. The fraction of sp³-hybridized carbons (Fsp3) is 0.591. The van der Waals surface area contributed by atoms with Gasteiger partial charge in [0, 0.05) is 18.7 Å². The van der Waals surface area contributed by atoms with Crippen molar-refractivity contribution in [2.75, 3.05) is 19.7 Å². The average Bonchev–Trinajstić information content (AvgIpc) is 2.68. The van der Waals surface area contributed by atoms with Crippen molar-refractivity contribution < 1.29 is 23.9 Å². The molecule has 7 nitrogen and oxygen atoms in total. The van der Waals surface area contributed by atoms with Gasteiger partial charge in [-0.1, -0.05) is 26.8 Å². The van der Waals surface area contributed by atoms with Crippen LogP contribution in [0.5, 0.6) is 5.75 Å². The van der Waals surface area contributed by atoms with E-state index in [1.165, 1.54) is 4.90 Å². The van der Waals surface area contributed by atoms with Crippen LogP contribution in [-0.4, -0.2) is 54.5 Å². The van der Waals surface area contributed by atoms with Gasteiger partial charge < -0.3 is 19.7 Å². The van der Waals surface area contributed by atoms with Gasteiger partial charge >= 0.3 is 5.97 Å². The van der Waals surface area contributed by atoms with E-state index in [-0.39, 0.29) is 24.3 Å². The first-order chi connectivity index (χ1) is 13.8. The van der Waals surface area contributed by atoms with Gasteiger partial charge in [-0.3, -0.25) is 14.4 Å². The Morgan fingerprint density at radius 3 is 2.72 bits per heavy atom. The summed E-state index contributed by atoms with van der Waals surface area (Å²) in [4.78, 5) is 39.1. The van der Waals surface area contributed by atoms with E-state index in [1.54, 1.807) is 24.3 Å². The summed E-state index contributed by atoms with van der Waals surface area (Å²) < 4.78 is 11.0. The molecule has 29 heavy (non-hydrogen) atoms. The minimum atomic E-state index is -0.873. The van der Waals surface area contributed by atoms with Crippen LogP contribution in [0.2, 0.25) is 0 Å². The lowest BCUT2D eigenvalue weighted by atomic mass is 10.1. The Hall–Kier alpha value is -2.57. The van der Waals surface area contributed by atoms with Crippen molar-refractivity contribution in [2.45, 2.75) is 59.1 Å². The number of rotatable bonds is 9. The lowest BCUT2D eigenvalue weighted by molar-refractivity contribution is -0.148. The molecule has 2 rings (SSSR count). The van der Waals surface area contributed by atoms with Gasteiger partial charge in [-0.25, -0.2) is 0 Å². The van der Waals surface area contributed by atoms with E-state index in [1.807, 2.05) is 27.7 Å². The molecule has 1 heterocycles. The number of piperazine rings is 1. The van der Waals surface area contributed by atoms with Gasteiger partial charge in [0.25, 0.3) is 5.91 Å². The molecule has 0 bridgehead atoms. The number of ether oxygens (including phenoxy) is 2. The van der Waals surface area contributed by atoms with Gasteiger partial charge in [0.2, 0.25) is 5.91 Å². The lowest BCUT2D eigenvalue weighted by Crippen LogP contribution is -2.57. The van der Waals surface area contributed by atoms with Crippen LogP contribution in [0.25, 0.3) is 0 Å². The first-order valence-electron chi connectivity index (χ1n) is 10.3. The number of hydrogen-bond donors (Lipinski definition) is 1. The second-order valence-electron chi connectivity index (χ2n) is 7.78. The van der Waals surface area contributed by atoms with Crippen molar-refractivity contribution in [3.05, 3.63) is 29.8 Å². The smallest absolute Gasteiger partial charge is 0.308 e. The van der Waals surface area contributed by atoms with Crippen molar-refractivity contribution in [3.63, 3.8) is 0 Å². The highest BCUT2D eigenvalue weighted by Crippen LogP contribution is 2.20. The zero-order valence-corrected chi connectivity index (χ0v) is 17.8. The third kappa shape index (κ3) is 6.76. The third-order valence-corrected chi connectivity index (χ3v) is 4.90. The number of hydrogen-bond acceptors (Lipinski definition) is 5. The summed E-state index contributed by atoms with van der Waals surface area (Å²) in [7, 11) is 0. The van der Waals surface area contributed by atoms with Crippen molar-refractivity contribution in [1.82, 2.24) is 10.2 Å². The normalized spacial score (nSPS) is 17.6. The Labute approximate surface area is 172 Å². The van der Waals surface area contributed by atoms with E-state index >= 15 is 0 Å². The molecular formula is C22H32N2O5. The summed E-state index contributed by atoms with van der Waals surface area (Å²) in [6.45, 7) is 9.08. The molecule has 0 aliphatic carbocycles. The Morgan fingerprint density at radius 2 is 2.03 bits per heavy atom. The summed E-state index contributed by atoms with van der Waals surface area (Å²) >= 11 is 0. The first kappa shape index (κ1) is 22.7. The minimum absolute atomic E-state index is 0.0366. The van der Waals surface area contributed by atoms with Crippen LogP contribution < -0.4 is 10.1 Å². The number of carbonyl (C=O) groups excluding carboxylic acids is 3. The van der Waals surface area contributed by atoms with Crippen LogP contribution in [0.15, 0.2) is 24.3 Å². The molecular weight excluding hydrogens is 372 g/mol. The standard InChI is InChI=1S/C22H32N2O5/c1-5-16(4)29-18-8-6-7-17(13-18)22(27)24-11-10-23-21(26)19(24)14-20(25)28-12-9-15(2)3/h6-8,13,15-16,19H,5,9-12,14H2,1-4H3,(H,23,26). The Balaban J connectivity index is 2.09. The largest absolute Gasteiger partial charge is 0.491 e. The molecule has 1 aliphatic heterocycles. The average molecular weight is 405 g/mol. The summed E-state index contributed by atoms with van der Waals surface area (Å²) in [5.41, 5.74) is 0.429. The molecule has 2 amide bonds. The van der Waals surface area contributed by atoms with E-state index in [4.69, 9.17) is 9.47 Å². The van der Waals surface area contributed by atoms with Gasteiger partial charge in [-0.15, -0.1) is 0 Å². The molecule has 7 heteroatoms. The zero-order valence-electron chi connectivity index (χ0n) is 17.8. The number of amides is 2. The quantitative estimate of drug-likeness (QED) is 0.640. The van der Waals surface area contributed by atoms with Gasteiger partial charge in [-0.2, -0.15) is 0 Å². The fourth-order valence-electron chi connectivity index (χ4n) is 2.97. The van der Waals surface area contributed by atoms with Gasteiger partial charge in [0.1, 0.15) is 11.8 Å². The van der Waals surface area contributed by atoms with Gasteiger partial charge in [0.05, 0.1) is 19.1 Å². The fourth-order valence-corrected chi connectivity index (χ4v) is 2.97. The first-order valence-corrected chi connectivity index (χ1v) is 10.3. The summed E-state index contributed by atoms with van der Waals surface area (Å²) in [5, 5.41) is 2.73. The zero-order chi connectivity index (χ0) is 21.4. The van der Waals surface area contributed by atoms with E-state index < -0.39 is 12.0 Å². The molecule has 2 atom stereocenters. The molecule has 1 aliphatic rings. The van der Waals surface area contributed by atoms with Crippen LogP contribution in [-0.2, 0) is 14.3 Å². The third-order valence-electron chi connectivity index (χ3n) is 4.90. The van der Waals surface area contributed by atoms with Crippen LogP contribution in [0, 0.1) is 5.92 Å². The van der Waals surface area contributed by atoms with Crippen molar-refractivity contribution >= 4 is 17.8 Å². The summed E-state index contributed by atoms with van der Waals surface area (Å²) in [6.07, 6.45) is 1.49. The minimum Gasteiger partial charge on any atom is -0.491 e. The molecule has 160 valence electrons. The Kier molecular flexibility index (Phi) is 8.49. The second kappa shape index (κ2) is 10.8. The molecule has 1 fully saturated rings. The van der Waals surface area contributed by atoms with Crippen LogP contribution in [0.3, 0.4) is 0 Å². The molecule has 0 saturated carbocycles. The van der Waals surface area contributed by atoms with E-state index in [0.717, 1.165) is 12.8 Å². The van der Waals surface area contributed by atoms with Crippen molar-refractivity contribution in [2.24, 2.45) is 5.92 Å². The highest BCUT2D eigenvalue weighted by molar-refractivity contribution is 5.99. The molecule has 1 saturated heterocycles. The molecule has 2 unspecified atom stereocenters. The predicted molar refractivity (Wildman–Crippen MR) is 110 cm³/mol. The number of esters is 1. The maximum absolute atomic E-state index is 13.1. The Bertz CT molecular complexity index is 719. The molecule has 1 aromatic rings. The highest BCUT2D eigenvalue weighted by atomic mass is 16.5. The number of nitrogens with one attached hydrogen (secondary N) is 1. The van der Waals surface area contributed by atoms with Crippen LogP contribution >= 0.6 is 0 Å². The molecule has 1 N–H and O–H groups in total. The van der Waals surface area contributed by atoms with E-state index in [0.29, 0.717) is 36.9 Å². The highest BCUT2D eigenvalue weighted by Gasteiger charge is 2.35. The second-order valence-corrected chi connectivity index (χ2v) is 7.78. The lowest BCUT2D eigenvalue weighted by Gasteiger charge is -2.34. The maximum atomic E-state index is 13.1. The molecule has 1 aromatic carbocycles. The van der Waals surface area contributed by atoms with E-state index in [2.05, 4.69) is 5.32 Å². The summed E-state index contributed by atoms with van der Waals surface area (Å²) in [6, 6.07) is 6.05.